The average Bonchev–Trinajstić information content (AvgIpc) is 3.00. The van der Waals surface area contributed by atoms with Gasteiger partial charge in [-0.05, 0) is 30.7 Å². The molecule has 6 heteroatoms. The first kappa shape index (κ1) is 16.6. The van der Waals surface area contributed by atoms with Gasteiger partial charge in [-0.2, -0.15) is 4.98 Å². The quantitative estimate of drug-likeness (QED) is 0.903. The van der Waals surface area contributed by atoms with Crippen molar-refractivity contribution >= 4 is 5.91 Å². The summed E-state index contributed by atoms with van der Waals surface area (Å²) in [6.07, 6.45) is 3.39. The zero-order valence-corrected chi connectivity index (χ0v) is 14.0. The van der Waals surface area contributed by atoms with Crippen molar-refractivity contribution in [1.29, 1.82) is 0 Å². The Hall–Kier alpha value is -2.21. The fourth-order valence-corrected chi connectivity index (χ4v) is 3.30. The third-order valence-corrected chi connectivity index (χ3v) is 4.49. The summed E-state index contributed by atoms with van der Waals surface area (Å²) in [5, 5.41) is 3.96. The van der Waals surface area contributed by atoms with Crippen LogP contribution in [0.15, 0.2) is 34.9 Å². The number of amides is 1. The van der Waals surface area contributed by atoms with Crippen LogP contribution < -0.4 is 5.73 Å². The Balaban J connectivity index is 1.56. The molecule has 1 unspecified atom stereocenters. The first-order chi connectivity index (χ1) is 11.6. The van der Waals surface area contributed by atoms with E-state index >= 15 is 0 Å². The molecule has 1 saturated heterocycles. The molecule has 0 aliphatic carbocycles. The minimum Gasteiger partial charge on any atom is -0.341 e. The summed E-state index contributed by atoms with van der Waals surface area (Å²) >= 11 is 0. The molecule has 1 aromatic heterocycles. The van der Waals surface area contributed by atoms with Gasteiger partial charge in [0.15, 0.2) is 5.82 Å². The molecule has 3 rings (SSSR count). The van der Waals surface area contributed by atoms with Crippen LogP contribution in [0.2, 0.25) is 0 Å². The van der Waals surface area contributed by atoms with Gasteiger partial charge in [0.2, 0.25) is 11.8 Å². The minimum absolute atomic E-state index is 0.0350. The van der Waals surface area contributed by atoms with Crippen LogP contribution in [0.25, 0.3) is 0 Å². The van der Waals surface area contributed by atoms with Gasteiger partial charge in [0.1, 0.15) is 0 Å². The molecule has 1 fully saturated rings. The Morgan fingerprint density at radius 1 is 1.42 bits per heavy atom. The Morgan fingerprint density at radius 3 is 2.92 bits per heavy atom. The van der Waals surface area contributed by atoms with Crippen molar-refractivity contribution < 1.29 is 9.32 Å². The number of carbonyl (C=O) groups excluding carboxylic acids is 1. The van der Waals surface area contributed by atoms with E-state index in [9.17, 15) is 4.79 Å². The van der Waals surface area contributed by atoms with Crippen molar-refractivity contribution in [3.05, 3.63) is 47.6 Å². The van der Waals surface area contributed by atoms with Crippen molar-refractivity contribution in [2.24, 2.45) is 11.7 Å². The molecule has 2 N–H and O–H groups in total. The second-order valence-corrected chi connectivity index (χ2v) is 6.52. The number of aromatic nitrogens is 2. The second kappa shape index (κ2) is 7.57. The molecular formula is C18H24N4O2. The van der Waals surface area contributed by atoms with E-state index in [2.05, 4.69) is 10.1 Å². The van der Waals surface area contributed by atoms with E-state index in [0.717, 1.165) is 43.7 Å². The van der Waals surface area contributed by atoms with Crippen molar-refractivity contribution in [3.63, 3.8) is 0 Å². The van der Waals surface area contributed by atoms with E-state index in [-0.39, 0.29) is 5.91 Å². The van der Waals surface area contributed by atoms with Gasteiger partial charge in [-0.3, -0.25) is 4.79 Å². The van der Waals surface area contributed by atoms with Crippen LogP contribution in [0.5, 0.6) is 0 Å². The van der Waals surface area contributed by atoms with Gasteiger partial charge >= 0.3 is 0 Å². The molecule has 0 spiro atoms. The largest absolute Gasteiger partial charge is 0.341 e. The third-order valence-electron chi connectivity index (χ3n) is 4.49. The van der Waals surface area contributed by atoms with E-state index in [1.54, 1.807) is 6.92 Å². The fourth-order valence-electron chi connectivity index (χ4n) is 3.30. The van der Waals surface area contributed by atoms with Crippen LogP contribution in [0.1, 0.15) is 30.1 Å². The number of nitrogens with zero attached hydrogens (tertiary/aromatic N) is 3. The van der Waals surface area contributed by atoms with Gasteiger partial charge in [0.25, 0.3) is 0 Å². The molecule has 1 amide bonds. The lowest BCUT2D eigenvalue weighted by molar-refractivity contribution is -0.134. The molecule has 0 radical (unpaired) electrons. The summed E-state index contributed by atoms with van der Waals surface area (Å²) in [6.45, 7) is 3.29. The zero-order chi connectivity index (χ0) is 16.9. The zero-order valence-electron chi connectivity index (χ0n) is 14.0. The Labute approximate surface area is 142 Å². The molecule has 0 bridgehead atoms. The minimum atomic E-state index is -0.487. The number of carbonyl (C=O) groups is 1. The standard InChI is InChI=1S/C18H24N4O2/c1-13-20-17(21-24-13)11-15-8-5-9-22(12-15)18(23)16(19)10-14-6-3-2-4-7-14/h2-4,6-7,15-16H,5,8-12,19H2,1H3/t15?,16-/m0/s1. The summed E-state index contributed by atoms with van der Waals surface area (Å²) in [4.78, 5) is 18.8. The van der Waals surface area contributed by atoms with Crippen LogP contribution in [-0.2, 0) is 17.6 Å². The van der Waals surface area contributed by atoms with Crippen LogP contribution in [0, 0.1) is 12.8 Å². The van der Waals surface area contributed by atoms with Crippen LogP contribution in [-0.4, -0.2) is 40.1 Å². The number of nitrogens with two attached hydrogens (primary N) is 1. The van der Waals surface area contributed by atoms with Gasteiger partial charge in [-0.15, -0.1) is 0 Å². The predicted octanol–water partition coefficient (Wildman–Crippen LogP) is 1.73. The lowest BCUT2D eigenvalue weighted by Crippen LogP contribution is -2.49. The first-order valence-electron chi connectivity index (χ1n) is 8.49. The molecule has 1 aliphatic rings. The molecule has 24 heavy (non-hydrogen) atoms. The highest BCUT2D eigenvalue weighted by molar-refractivity contribution is 5.82. The molecule has 1 aromatic carbocycles. The van der Waals surface area contributed by atoms with Gasteiger partial charge in [-0.1, -0.05) is 35.5 Å². The predicted molar refractivity (Wildman–Crippen MR) is 90.2 cm³/mol. The van der Waals surface area contributed by atoms with Gasteiger partial charge in [0, 0.05) is 26.4 Å². The fraction of sp³-hybridized carbons (Fsp3) is 0.500. The smallest absolute Gasteiger partial charge is 0.239 e. The van der Waals surface area contributed by atoms with E-state index in [4.69, 9.17) is 10.3 Å². The maximum Gasteiger partial charge on any atom is 0.239 e. The maximum absolute atomic E-state index is 12.7. The van der Waals surface area contributed by atoms with Crippen molar-refractivity contribution in [1.82, 2.24) is 15.0 Å². The normalized spacial score (nSPS) is 19.2. The van der Waals surface area contributed by atoms with Crippen molar-refractivity contribution in [2.45, 2.75) is 38.6 Å². The van der Waals surface area contributed by atoms with Gasteiger partial charge < -0.3 is 15.2 Å². The van der Waals surface area contributed by atoms with Crippen molar-refractivity contribution in [3.8, 4) is 0 Å². The number of hydrogen-bond acceptors (Lipinski definition) is 5. The highest BCUT2D eigenvalue weighted by atomic mass is 16.5. The number of hydrogen-bond donors (Lipinski definition) is 1. The number of piperidine rings is 1. The van der Waals surface area contributed by atoms with E-state index < -0.39 is 6.04 Å². The summed E-state index contributed by atoms with van der Waals surface area (Å²) in [7, 11) is 0. The summed E-state index contributed by atoms with van der Waals surface area (Å²) in [5.41, 5.74) is 7.24. The average molecular weight is 328 g/mol. The third kappa shape index (κ3) is 4.20. The summed E-state index contributed by atoms with van der Waals surface area (Å²) in [5.74, 6) is 1.70. The summed E-state index contributed by atoms with van der Waals surface area (Å²) in [6, 6.07) is 9.42. The van der Waals surface area contributed by atoms with E-state index in [1.165, 1.54) is 0 Å². The Bertz CT molecular complexity index is 671. The SMILES string of the molecule is Cc1nc(CC2CCCN(C(=O)[C@@H](N)Cc3ccccc3)C2)no1. The number of likely N-dealkylation sites (tertiary alicyclic amines) is 1. The van der Waals surface area contributed by atoms with Gasteiger partial charge in [0.05, 0.1) is 6.04 Å². The highest BCUT2D eigenvalue weighted by Gasteiger charge is 2.28. The lowest BCUT2D eigenvalue weighted by atomic mass is 9.93. The molecule has 128 valence electrons. The number of rotatable bonds is 5. The number of benzene rings is 1. The lowest BCUT2D eigenvalue weighted by Gasteiger charge is -2.34. The first-order valence-corrected chi connectivity index (χ1v) is 8.49. The Kier molecular flexibility index (Phi) is 5.25. The molecule has 2 aromatic rings. The van der Waals surface area contributed by atoms with Crippen LogP contribution in [0.4, 0.5) is 0 Å². The highest BCUT2D eigenvalue weighted by Crippen LogP contribution is 2.20. The van der Waals surface area contributed by atoms with Crippen LogP contribution >= 0.6 is 0 Å². The second-order valence-electron chi connectivity index (χ2n) is 6.52. The molecule has 2 heterocycles. The van der Waals surface area contributed by atoms with Gasteiger partial charge in [-0.25, -0.2) is 0 Å². The van der Waals surface area contributed by atoms with E-state index in [1.807, 2.05) is 35.2 Å². The molecule has 1 aliphatic heterocycles. The Morgan fingerprint density at radius 2 is 2.21 bits per heavy atom. The maximum atomic E-state index is 12.7. The molecular weight excluding hydrogens is 304 g/mol. The summed E-state index contributed by atoms with van der Waals surface area (Å²) < 4.78 is 5.02. The monoisotopic (exact) mass is 328 g/mol. The van der Waals surface area contributed by atoms with Crippen LogP contribution in [0.3, 0.4) is 0 Å². The van der Waals surface area contributed by atoms with Crippen molar-refractivity contribution in [2.75, 3.05) is 13.1 Å². The topological polar surface area (TPSA) is 85.2 Å². The molecule has 6 nitrogen and oxygen atoms in total. The van der Waals surface area contributed by atoms with E-state index in [0.29, 0.717) is 18.2 Å². The molecule has 0 saturated carbocycles. The molecule has 2 atom stereocenters. The number of aryl methyl sites for hydroxylation is 1.